The van der Waals surface area contributed by atoms with Crippen LogP contribution in [-0.2, 0) is 0 Å². The highest BCUT2D eigenvalue weighted by molar-refractivity contribution is 5.90. The van der Waals surface area contributed by atoms with Gasteiger partial charge in [-0.3, -0.25) is 4.79 Å². The van der Waals surface area contributed by atoms with Gasteiger partial charge in [0.15, 0.2) is 16.9 Å². The van der Waals surface area contributed by atoms with Crippen LogP contribution in [0.5, 0.6) is 17.2 Å². The van der Waals surface area contributed by atoms with Gasteiger partial charge in [-0.15, -0.1) is 0 Å². The quantitative estimate of drug-likeness (QED) is 0.534. The summed E-state index contributed by atoms with van der Waals surface area (Å²) in [6.07, 6.45) is 0. The molecule has 23 heavy (non-hydrogen) atoms. The summed E-state index contributed by atoms with van der Waals surface area (Å²) in [5.74, 6) is -3.15. The highest BCUT2D eigenvalue weighted by Crippen LogP contribution is 2.40. The maximum absolute atomic E-state index is 12.1. The fourth-order valence-electron chi connectivity index (χ4n) is 2.20. The first-order valence-corrected chi connectivity index (χ1v) is 6.44. The summed E-state index contributed by atoms with van der Waals surface area (Å²) in [5.41, 5.74) is -0.197. The van der Waals surface area contributed by atoms with E-state index >= 15 is 0 Å². The number of carbonyl (C=O) groups is 1. The molecule has 4 N–H and O–H groups in total. The molecule has 0 saturated heterocycles. The molecule has 7 nitrogen and oxygen atoms in total. The Labute approximate surface area is 128 Å². The van der Waals surface area contributed by atoms with E-state index in [1.54, 1.807) is 0 Å². The van der Waals surface area contributed by atoms with E-state index in [2.05, 4.69) is 0 Å². The molecule has 1 heterocycles. The summed E-state index contributed by atoms with van der Waals surface area (Å²) in [7, 11) is 0. The van der Waals surface area contributed by atoms with Crippen LogP contribution in [0.15, 0.2) is 45.6 Å². The minimum absolute atomic E-state index is 0.0806. The minimum Gasteiger partial charge on any atom is -0.504 e. The first-order valence-electron chi connectivity index (χ1n) is 6.44. The highest BCUT2D eigenvalue weighted by atomic mass is 16.4. The monoisotopic (exact) mass is 314 g/mol. The van der Waals surface area contributed by atoms with Crippen molar-refractivity contribution in [2.45, 2.75) is 0 Å². The van der Waals surface area contributed by atoms with Crippen molar-refractivity contribution < 1.29 is 29.6 Å². The molecule has 0 fully saturated rings. The molecule has 1 aromatic heterocycles. The van der Waals surface area contributed by atoms with Gasteiger partial charge in [0.25, 0.3) is 0 Å². The molecule has 0 spiro atoms. The number of phenols is 3. The molecular formula is C16H10O7. The Morgan fingerprint density at radius 1 is 0.957 bits per heavy atom. The predicted octanol–water partition coefficient (Wildman–Crippen LogP) is 2.28. The van der Waals surface area contributed by atoms with Crippen molar-refractivity contribution in [1.29, 1.82) is 0 Å². The van der Waals surface area contributed by atoms with Gasteiger partial charge < -0.3 is 24.8 Å². The van der Waals surface area contributed by atoms with Crippen molar-refractivity contribution >= 4 is 16.9 Å². The lowest BCUT2D eigenvalue weighted by atomic mass is 10.1. The second-order valence-corrected chi connectivity index (χ2v) is 4.82. The molecule has 0 saturated carbocycles. The van der Waals surface area contributed by atoms with Crippen molar-refractivity contribution in [3.63, 3.8) is 0 Å². The molecule has 3 rings (SSSR count). The van der Waals surface area contributed by atoms with E-state index < -0.39 is 28.6 Å². The van der Waals surface area contributed by atoms with Crippen LogP contribution in [0.25, 0.3) is 22.3 Å². The largest absolute Gasteiger partial charge is 0.504 e. The number of rotatable bonds is 2. The van der Waals surface area contributed by atoms with Crippen molar-refractivity contribution in [3.8, 4) is 28.6 Å². The molecule has 116 valence electrons. The Bertz CT molecular complexity index is 984. The maximum atomic E-state index is 12.1. The molecule has 3 aromatic rings. The van der Waals surface area contributed by atoms with Crippen LogP contribution < -0.4 is 5.43 Å². The average molecular weight is 314 g/mol. The van der Waals surface area contributed by atoms with Crippen LogP contribution in [0.1, 0.15) is 10.4 Å². The summed E-state index contributed by atoms with van der Waals surface area (Å²) in [4.78, 5) is 23.0. The van der Waals surface area contributed by atoms with E-state index in [9.17, 15) is 24.9 Å². The third-order valence-electron chi connectivity index (χ3n) is 3.36. The normalized spacial score (nSPS) is 10.8. The summed E-state index contributed by atoms with van der Waals surface area (Å²) < 4.78 is 5.47. The van der Waals surface area contributed by atoms with Crippen LogP contribution in [0, 0.1) is 0 Å². The number of carboxylic acid groups (broad SMARTS) is 1. The first kappa shape index (κ1) is 14.5. The van der Waals surface area contributed by atoms with E-state index in [0.29, 0.717) is 5.56 Å². The molecule has 0 atom stereocenters. The zero-order chi connectivity index (χ0) is 16.7. The number of hydrogen-bond acceptors (Lipinski definition) is 6. The predicted molar refractivity (Wildman–Crippen MR) is 79.9 cm³/mol. The van der Waals surface area contributed by atoms with Gasteiger partial charge in [0.2, 0.25) is 5.75 Å². The van der Waals surface area contributed by atoms with Crippen molar-refractivity contribution in [3.05, 3.63) is 52.2 Å². The van der Waals surface area contributed by atoms with E-state index in [4.69, 9.17) is 9.52 Å². The number of carboxylic acids is 1. The Balaban J connectivity index is 2.22. The van der Waals surface area contributed by atoms with Gasteiger partial charge in [0, 0.05) is 17.7 Å². The van der Waals surface area contributed by atoms with Gasteiger partial charge in [-0.25, -0.2) is 4.79 Å². The van der Waals surface area contributed by atoms with E-state index in [1.165, 1.54) is 24.3 Å². The Morgan fingerprint density at radius 3 is 2.22 bits per heavy atom. The number of aromatic hydroxyl groups is 3. The first-order chi connectivity index (χ1) is 10.9. The Morgan fingerprint density at radius 2 is 1.61 bits per heavy atom. The molecule has 0 bridgehead atoms. The van der Waals surface area contributed by atoms with Crippen molar-refractivity contribution in [1.82, 2.24) is 0 Å². The number of benzene rings is 2. The fraction of sp³-hybridized carbons (Fsp3) is 0. The summed E-state index contributed by atoms with van der Waals surface area (Å²) in [5, 5.41) is 37.3. The third-order valence-corrected chi connectivity index (χ3v) is 3.36. The molecule has 2 aromatic carbocycles. The van der Waals surface area contributed by atoms with Crippen molar-refractivity contribution in [2.24, 2.45) is 0 Å². The summed E-state index contributed by atoms with van der Waals surface area (Å²) >= 11 is 0. The smallest absolute Gasteiger partial charge is 0.335 e. The van der Waals surface area contributed by atoms with Gasteiger partial charge in [0.05, 0.1) is 5.56 Å². The molecule has 0 aliphatic rings. The molecule has 0 unspecified atom stereocenters. The standard InChI is InChI=1S/C16H10O7/c17-9-5-11(7-1-3-8(4-2-7)16(21)22)23-12-6-10(18)14(19)15(20)13(9)12/h1-6,18-20H,(H,21,22). The van der Waals surface area contributed by atoms with Crippen LogP contribution in [-0.4, -0.2) is 26.4 Å². The second-order valence-electron chi connectivity index (χ2n) is 4.82. The van der Waals surface area contributed by atoms with Gasteiger partial charge in [-0.05, 0) is 12.1 Å². The number of fused-ring (bicyclic) bond motifs is 1. The van der Waals surface area contributed by atoms with E-state index in [0.717, 1.165) is 12.1 Å². The number of aromatic carboxylic acids is 1. The lowest BCUT2D eigenvalue weighted by molar-refractivity contribution is 0.0697. The Kier molecular flexibility index (Phi) is 3.18. The summed E-state index contributed by atoms with van der Waals surface area (Å²) in [6, 6.07) is 7.76. The van der Waals surface area contributed by atoms with Crippen LogP contribution in [0.3, 0.4) is 0 Å². The highest BCUT2D eigenvalue weighted by Gasteiger charge is 2.17. The van der Waals surface area contributed by atoms with Gasteiger partial charge in [0.1, 0.15) is 16.7 Å². The fourth-order valence-corrected chi connectivity index (χ4v) is 2.20. The molecule has 7 heteroatoms. The third kappa shape index (κ3) is 2.34. The zero-order valence-corrected chi connectivity index (χ0v) is 11.5. The van der Waals surface area contributed by atoms with Crippen molar-refractivity contribution in [2.75, 3.05) is 0 Å². The maximum Gasteiger partial charge on any atom is 0.335 e. The lowest BCUT2D eigenvalue weighted by Gasteiger charge is -2.07. The molecular weight excluding hydrogens is 304 g/mol. The van der Waals surface area contributed by atoms with Crippen LogP contribution >= 0.6 is 0 Å². The van der Waals surface area contributed by atoms with E-state index in [1.807, 2.05) is 0 Å². The Hall–Kier alpha value is -3.48. The lowest BCUT2D eigenvalue weighted by Crippen LogP contribution is -2.01. The number of phenolic OH excluding ortho intramolecular Hbond substituents is 3. The minimum atomic E-state index is -1.08. The molecule has 0 radical (unpaired) electrons. The second kappa shape index (κ2) is 5.06. The van der Waals surface area contributed by atoms with Gasteiger partial charge in [-0.2, -0.15) is 0 Å². The number of hydrogen-bond donors (Lipinski definition) is 4. The van der Waals surface area contributed by atoms with Crippen LogP contribution in [0.2, 0.25) is 0 Å². The van der Waals surface area contributed by atoms with Gasteiger partial charge >= 0.3 is 5.97 Å². The topological polar surface area (TPSA) is 128 Å². The van der Waals surface area contributed by atoms with E-state index in [-0.39, 0.29) is 22.3 Å². The SMILES string of the molecule is O=C(O)c1ccc(-c2cc(=O)c3c(O)c(O)c(O)cc3o2)cc1. The summed E-state index contributed by atoms with van der Waals surface area (Å²) in [6.45, 7) is 0. The molecule has 0 aliphatic carbocycles. The molecule has 0 aliphatic heterocycles. The molecule has 0 amide bonds. The zero-order valence-electron chi connectivity index (χ0n) is 11.5. The van der Waals surface area contributed by atoms with Gasteiger partial charge in [-0.1, -0.05) is 12.1 Å². The average Bonchev–Trinajstić information content (AvgIpc) is 2.52. The van der Waals surface area contributed by atoms with Crippen LogP contribution in [0.4, 0.5) is 0 Å².